The Morgan fingerprint density at radius 1 is 0.864 bits per heavy atom. The summed E-state index contributed by atoms with van der Waals surface area (Å²) in [5, 5.41) is 40.2. The SMILES string of the molecule is CC(=O)OC1C(=O)C2(C)C(O)CC3OCC3(OC(C)=O)C2C(OC(=O)c2cccc(C(F)(F)F)c2)C2(O)CC(OC(=O)C(O)C(NC(=O)c3ccccc3)c3ccccc3)C(C)=C1C2(C)C. The summed E-state index contributed by atoms with van der Waals surface area (Å²) < 4.78 is 71.7. The van der Waals surface area contributed by atoms with E-state index in [2.05, 4.69) is 5.32 Å². The average molecular weight is 922 g/mol. The Balaban J connectivity index is 1.40. The summed E-state index contributed by atoms with van der Waals surface area (Å²) in [6, 6.07) is 17.8. The molecule has 15 nitrogen and oxygen atoms in total. The van der Waals surface area contributed by atoms with Crippen LogP contribution in [0.15, 0.2) is 96.1 Å². The quantitative estimate of drug-likeness (QED) is 0.123. The number of nitrogens with one attached hydrogen (secondary N) is 1. The number of carbonyl (C=O) groups is 6. The lowest BCUT2D eigenvalue weighted by Gasteiger charge is -2.67. The number of alkyl halides is 3. The Bertz CT molecular complexity index is 2460. The predicted octanol–water partition coefficient (Wildman–Crippen LogP) is 4.75. The van der Waals surface area contributed by atoms with Crippen molar-refractivity contribution in [2.45, 2.75) is 114 Å². The fourth-order valence-corrected chi connectivity index (χ4v) is 10.4. The largest absolute Gasteiger partial charge is 0.456 e. The van der Waals surface area contributed by atoms with Gasteiger partial charge in [-0.1, -0.05) is 68.4 Å². The van der Waals surface area contributed by atoms with Gasteiger partial charge in [0.05, 0.1) is 41.2 Å². The van der Waals surface area contributed by atoms with E-state index in [0.29, 0.717) is 11.6 Å². The highest BCUT2D eigenvalue weighted by molar-refractivity contribution is 5.96. The topological polar surface area (TPSA) is 221 Å². The summed E-state index contributed by atoms with van der Waals surface area (Å²) in [6.07, 6.45) is -16.7. The zero-order valence-corrected chi connectivity index (χ0v) is 36.8. The van der Waals surface area contributed by atoms with Crippen LogP contribution in [-0.4, -0.2) is 105 Å². The monoisotopic (exact) mass is 921 g/mol. The Morgan fingerprint density at radius 3 is 2.06 bits per heavy atom. The first kappa shape index (κ1) is 48.0. The van der Waals surface area contributed by atoms with Crippen molar-refractivity contribution in [1.29, 1.82) is 0 Å². The van der Waals surface area contributed by atoms with Crippen LogP contribution in [-0.2, 0) is 49.0 Å². The third-order valence-electron chi connectivity index (χ3n) is 13.9. The molecule has 3 fully saturated rings. The fraction of sp³-hybridized carbons (Fsp3) is 0.458. The van der Waals surface area contributed by atoms with Crippen LogP contribution in [0.2, 0.25) is 0 Å². The highest BCUT2D eigenvalue weighted by Crippen LogP contribution is 2.64. The first-order valence-electron chi connectivity index (χ1n) is 21.2. The van der Waals surface area contributed by atoms with E-state index in [9.17, 15) is 52.5 Å². The fourth-order valence-electron chi connectivity index (χ4n) is 10.4. The van der Waals surface area contributed by atoms with Crippen molar-refractivity contribution in [1.82, 2.24) is 5.32 Å². The third kappa shape index (κ3) is 8.07. The molecule has 3 aliphatic carbocycles. The molecule has 1 saturated heterocycles. The number of hydrogen-bond acceptors (Lipinski definition) is 14. The number of hydrogen-bond donors (Lipinski definition) is 4. The van der Waals surface area contributed by atoms with Crippen LogP contribution >= 0.6 is 0 Å². The van der Waals surface area contributed by atoms with Gasteiger partial charge in [0.1, 0.15) is 23.9 Å². The summed E-state index contributed by atoms with van der Waals surface area (Å²) in [5.74, 6) is -8.11. The molecule has 0 spiro atoms. The molecule has 11 atom stereocenters. The van der Waals surface area contributed by atoms with E-state index in [1.54, 1.807) is 48.5 Å². The van der Waals surface area contributed by atoms with Crippen molar-refractivity contribution in [3.8, 4) is 0 Å². The minimum Gasteiger partial charge on any atom is -0.456 e. The molecule has 0 aromatic heterocycles. The van der Waals surface area contributed by atoms with Crippen LogP contribution in [0.1, 0.15) is 92.3 Å². The van der Waals surface area contributed by atoms with Gasteiger partial charge < -0.3 is 44.3 Å². The second-order valence-electron chi connectivity index (χ2n) is 18.1. The molecule has 4 aliphatic rings. The Morgan fingerprint density at radius 2 is 1.48 bits per heavy atom. The Hall–Kier alpha value is -5.95. The highest BCUT2D eigenvalue weighted by Gasteiger charge is 2.78. The number of amides is 1. The van der Waals surface area contributed by atoms with E-state index in [1.165, 1.54) is 39.8 Å². The molecule has 3 aromatic carbocycles. The second kappa shape index (κ2) is 17.4. The zero-order valence-electron chi connectivity index (χ0n) is 36.8. The molecule has 7 rings (SSSR count). The van der Waals surface area contributed by atoms with Crippen LogP contribution in [0.5, 0.6) is 0 Å². The lowest BCUT2D eigenvalue weighted by atomic mass is 9.44. The number of ether oxygens (including phenoxy) is 5. The average Bonchev–Trinajstić information content (AvgIpc) is 3.26. The number of ketones is 1. The van der Waals surface area contributed by atoms with Crippen molar-refractivity contribution in [3.05, 3.63) is 118 Å². The van der Waals surface area contributed by atoms with Crippen LogP contribution in [0.3, 0.4) is 0 Å². The zero-order chi connectivity index (χ0) is 48.3. The van der Waals surface area contributed by atoms with Gasteiger partial charge in [-0.05, 0) is 60.9 Å². The normalized spacial score (nSPS) is 30.9. The molecule has 1 heterocycles. The maximum absolute atomic E-state index is 15.5. The van der Waals surface area contributed by atoms with Crippen LogP contribution in [0, 0.1) is 16.7 Å². The number of fused-ring (bicyclic) bond motifs is 5. The number of aliphatic hydroxyl groups excluding tert-OH is 2. The maximum Gasteiger partial charge on any atom is 0.416 e. The van der Waals surface area contributed by atoms with Gasteiger partial charge in [-0.25, -0.2) is 9.59 Å². The number of carbonyl (C=O) groups excluding carboxylic acids is 6. The number of aliphatic hydroxyl groups is 3. The predicted molar refractivity (Wildman–Crippen MR) is 223 cm³/mol. The van der Waals surface area contributed by atoms with E-state index >= 15 is 4.79 Å². The molecular weight excluding hydrogens is 872 g/mol. The minimum absolute atomic E-state index is 0.0456. The van der Waals surface area contributed by atoms with Crippen LogP contribution in [0.4, 0.5) is 13.2 Å². The molecule has 2 saturated carbocycles. The first-order valence-corrected chi connectivity index (χ1v) is 21.2. The third-order valence-corrected chi connectivity index (χ3v) is 13.9. The van der Waals surface area contributed by atoms with Gasteiger partial charge in [0.15, 0.2) is 23.6 Å². The van der Waals surface area contributed by atoms with E-state index in [0.717, 1.165) is 32.0 Å². The lowest BCUT2D eigenvalue weighted by molar-refractivity contribution is -0.346. The summed E-state index contributed by atoms with van der Waals surface area (Å²) >= 11 is 0. The van der Waals surface area contributed by atoms with E-state index in [4.69, 9.17) is 23.7 Å². The number of Topliss-reactive ketones (excluding diaryl/α,β-unsaturated/α-hetero) is 1. The molecule has 0 radical (unpaired) electrons. The summed E-state index contributed by atoms with van der Waals surface area (Å²) in [6.45, 7) is 7.14. The van der Waals surface area contributed by atoms with Crippen molar-refractivity contribution >= 4 is 35.6 Å². The molecule has 352 valence electrons. The molecule has 3 aromatic rings. The summed E-state index contributed by atoms with van der Waals surface area (Å²) in [7, 11) is 0. The molecule has 1 aliphatic heterocycles. The van der Waals surface area contributed by atoms with Gasteiger partial charge in [0.2, 0.25) is 0 Å². The molecule has 2 bridgehead atoms. The van der Waals surface area contributed by atoms with E-state index < -0.39 is 137 Å². The number of esters is 4. The van der Waals surface area contributed by atoms with Crippen molar-refractivity contribution in [3.63, 3.8) is 0 Å². The summed E-state index contributed by atoms with van der Waals surface area (Å²) in [4.78, 5) is 83.7. The van der Waals surface area contributed by atoms with Gasteiger partial charge in [-0.3, -0.25) is 19.2 Å². The second-order valence-corrected chi connectivity index (χ2v) is 18.1. The van der Waals surface area contributed by atoms with Crippen LogP contribution in [0.25, 0.3) is 0 Å². The van der Waals surface area contributed by atoms with Gasteiger partial charge in [0, 0.05) is 37.7 Å². The van der Waals surface area contributed by atoms with Gasteiger partial charge in [0.25, 0.3) is 5.91 Å². The summed E-state index contributed by atoms with van der Waals surface area (Å²) in [5.41, 5.74) is -10.2. The maximum atomic E-state index is 15.5. The van der Waals surface area contributed by atoms with E-state index in [-0.39, 0.29) is 23.1 Å². The first-order chi connectivity index (χ1) is 30.9. The Kier molecular flexibility index (Phi) is 12.6. The molecule has 1 amide bonds. The highest BCUT2D eigenvalue weighted by atomic mass is 19.4. The number of benzene rings is 3. The van der Waals surface area contributed by atoms with Crippen LogP contribution < -0.4 is 5.32 Å². The molecule has 11 unspecified atom stereocenters. The molecule has 66 heavy (non-hydrogen) atoms. The van der Waals surface area contributed by atoms with Gasteiger partial charge in [-0.2, -0.15) is 13.2 Å². The molecular formula is C48H50F3NO14. The molecule has 4 N–H and O–H groups in total. The number of halogens is 3. The minimum atomic E-state index is -4.90. The van der Waals surface area contributed by atoms with Crippen molar-refractivity contribution < 1.29 is 80.9 Å². The van der Waals surface area contributed by atoms with Crippen molar-refractivity contribution in [2.75, 3.05) is 6.61 Å². The smallest absolute Gasteiger partial charge is 0.416 e. The molecule has 18 heteroatoms. The lowest BCUT2D eigenvalue weighted by Crippen LogP contribution is -2.82. The Labute approximate surface area is 377 Å². The number of rotatable bonds is 10. The standard InChI is InChI=1S/C48H50F3NO14/c1-24-31(64-43(60)36(56)35(27-14-9-7-10-15-27)52-41(58)28-16-11-8-12-17-28)22-47(61)40(65-42(59)29-18-13-19-30(20-29)48(49,50)51)38-45(6,32(55)21-33-46(38,23-62-33)66-26(3)54)39(57)37(63-25(2)53)34(24)44(47,4)5/h7-20,31-33,35-38,40,55-56,61H,21-23H2,1-6H3,(H,52,58). The van der Waals surface area contributed by atoms with Crippen molar-refractivity contribution in [2.24, 2.45) is 16.7 Å². The van der Waals surface area contributed by atoms with E-state index in [1.807, 2.05) is 0 Å². The van der Waals surface area contributed by atoms with Gasteiger partial charge in [-0.15, -0.1) is 0 Å². The van der Waals surface area contributed by atoms with Gasteiger partial charge >= 0.3 is 30.1 Å².